The Morgan fingerprint density at radius 3 is 2.70 bits per heavy atom. The number of amides is 1. The molecule has 2 aromatic carbocycles. The van der Waals surface area contributed by atoms with Gasteiger partial charge >= 0.3 is 0 Å². The van der Waals surface area contributed by atoms with E-state index in [1.807, 2.05) is 42.7 Å². The van der Waals surface area contributed by atoms with Gasteiger partial charge < -0.3 is 5.32 Å². The minimum atomic E-state index is -0.484. The molecule has 1 amide bonds. The molecule has 9 heteroatoms. The standard InChI is InChI=1S/C21H18FN5OS2/c1-13-7-3-6-10-18(13)27-14(2)25-26-21(27)30-12-19-23-17(11-29-19)20(28)24-16-9-5-4-8-15(16)22/h3-11H,12H2,1-2H3,(H,24,28). The van der Waals surface area contributed by atoms with E-state index < -0.39 is 11.7 Å². The minimum Gasteiger partial charge on any atom is -0.318 e. The molecule has 0 saturated heterocycles. The van der Waals surface area contributed by atoms with Crippen LogP contribution in [0.2, 0.25) is 0 Å². The second kappa shape index (κ2) is 8.76. The number of hydrogen-bond acceptors (Lipinski definition) is 6. The van der Waals surface area contributed by atoms with E-state index in [4.69, 9.17) is 0 Å². The van der Waals surface area contributed by atoms with Crippen LogP contribution < -0.4 is 5.32 Å². The lowest BCUT2D eigenvalue weighted by molar-refractivity contribution is 0.102. The molecule has 2 aromatic heterocycles. The van der Waals surface area contributed by atoms with Crippen LogP contribution >= 0.6 is 23.1 Å². The topological polar surface area (TPSA) is 72.7 Å². The zero-order valence-electron chi connectivity index (χ0n) is 16.3. The van der Waals surface area contributed by atoms with Crippen molar-refractivity contribution < 1.29 is 9.18 Å². The molecule has 0 unspecified atom stereocenters. The maximum absolute atomic E-state index is 13.7. The number of anilines is 1. The van der Waals surface area contributed by atoms with Crippen molar-refractivity contribution in [1.29, 1.82) is 0 Å². The summed E-state index contributed by atoms with van der Waals surface area (Å²) in [4.78, 5) is 16.8. The van der Waals surface area contributed by atoms with Gasteiger partial charge in [-0.15, -0.1) is 21.5 Å². The van der Waals surface area contributed by atoms with E-state index in [0.29, 0.717) is 5.75 Å². The van der Waals surface area contributed by atoms with Gasteiger partial charge in [-0.25, -0.2) is 9.37 Å². The number of rotatable bonds is 6. The van der Waals surface area contributed by atoms with Crippen molar-refractivity contribution in [2.24, 2.45) is 0 Å². The first-order valence-corrected chi connectivity index (χ1v) is 11.0. The molecular formula is C21H18FN5OS2. The fourth-order valence-electron chi connectivity index (χ4n) is 2.88. The number of carbonyl (C=O) groups is 1. The number of thiazole rings is 1. The molecule has 0 aliphatic heterocycles. The minimum absolute atomic E-state index is 0.133. The fraction of sp³-hybridized carbons (Fsp3) is 0.143. The van der Waals surface area contributed by atoms with Crippen LogP contribution in [0.3, 0.4) is 0 Å². The Hall–Kier alpha value is -3.04. The lowest BCUT2D eigenvalue weighted by Crippen LogP contribution is -2.13. The summed E-state index contributed by atoms with van der Waals surface area (Å²) in [5.41, 5.74) is 2.55. The van der Waals surface area contributed by atoms with Crippen LogP contribution in [-0.2, 0) is 5.75 Å². The molecule has 0 atom stereocenters. The number of thioether (sulfide) groups is 1. The van der Waals surface area contributed by atoms with Gasteiger partial charge in [0.1, 0.15) is 22.3 Å². The molecule has 4 aromatic rings. The third-order valence-corrected chi connectivity index (χ3v) is 6.35. The maximum Gasteiger partial charge on any atom is 0.275 e. The molecule has 1 N–H and O–H groups in total. The Balaban J connectivity index is 1.46. The molecule has 0 saturated carbocycles. The van der Waals surface area contributed by atoms with Gasteiger partial charge in [-0.3, -0.25) is 9.36 Å². The van der Waals surface area contributed by atoms with Crippen LogP contribution in [0, 0.1) is 19.7 Å². The Morgan fingerprint density at radius 1 is 1.13 bits per heavy atom. The number of benzene rings is 2. The highest BCUT2D eigenvalue weighted by Gasteiger charge is 2.16. The molecule has 4 rings (SSSR count). The second-order valence-corrected chi connectivity index (χ2v) is 8.39. The SMILES string of the molecule is Cc1ccccc1-n1c(C)nnc1SCc1nc(C(=O)Nc2ccccc2F)cs1. The Bertz CT molecular complexity index is 1200. The van der Waals surface area contributed by atoms with Gasteiger partial charge in [0.15, 0.2) is 5.16 Å². The molecule has 0 bridgehead atoms. The summed E-state index contributed by atoms with van der Waals surface area (Å²) < 4.78 is 15.7. The van der Waals surface area contributed by atoms with E-state index in [1.54, 1.807) is 17.5 Å². The normalized spacial score (nSPS) is 10.9. The number of para-hydroxylation sites is 2. The number of nitrogens with zero attached hydrogens (tertiary/aromatic N) is 4. The fourth-order valence-corrected chi connectivity index (χ4v) is 4.67. The summed E-state index contributed by atoms with van der Waals surface area (Å²) in [5.74, 6) is 0.423. The number of halogens is 1. The predicted molar refractivity (Wildman–Crippen MR) is 117 cm³/mol. The number of carbonyl (C=O) groups excluding carboxylic acids is 1. The monoisotopic (exact) mass is 439 g/mol. The Morgan fingerprint density at radius 2 is 1.90 bits per heavy atom. The molecule has 6 nitrogen and oxygen atoms in total. The lowest BCUT2D eigenvalue weighted by atomic mass is 10.2. The van der Waals surface area contributed by atoms with E-state index in [2.05, 4.69) is 20.5 Å². The average molecular weight is 440 g/mol. The highest BCUT2D eigenvalue weighted by atomic mass is 32.2. The number of hydrogen-bond donors (Lipinski definition) is 1. The molecule has 30 heavy (non-hydrogen) atoms. The van der Waals surface area contributed by atoms with Crippen molar-refractivity contribution in [1.82, 2.24) is 19.7 Å². The summed E-state index contributed by atoms with van der Waals surface area (Å²) in [7, 11) is 0. The zero-order chi connectivity index (χ0) is 21.1. The number of aryl methyl sites for hydroxylation is 2. The van der Waals surface area contributed by atoms with Crippen molar-refractivity contribution in [2.45, 2.75) is 24.8 Å². The van der Waals surface area contributed by atoms with Crippen LogP contribution in [0.4, 0.5) is 10.1 Å². The average Bonchev–Trinajstić information content (AvgIpc) is 3.35. The van der Waals surface area contributed by atoms with E-state index in [1.165, 1.54) is 35.2 Å². The van der Waals surface area contributed by atoms with Gasteiger partial charge in [0, 0.05) is 5.38 Å². The van der Waals surface area contributed by atoms with Gasteiger partial charge in [0.05, 0.1) is 17.1 Å². The van der Waals surface area contributed by atoms with Crippen molar-refractivity contribution >= 4 is 34.7 Å². The van der Waals surface area contributed by atoms with Crippen LogP contribution in [-0.4, -0.2) is 25.7 Å². The first-order chi connectivity index (χ1) is 14.5. The van der Waals surface area contributed by atoms with Gasteiger partial charge in [-0.05, 0) is 37.6 Å². The van der Waals surface area contributed by atoms with Crippen molar-refractivity contribution in [3.63, 3.8) is 0 Å². The molecule has 0 aliphatic carbocycles. The van der Waals surface area contributed by atoms with Crippen LogP contribution in [0.15, 0.2) is 59.1 Å². The summed E-state index contributed by atoms with van der Waals surface area (Å²) >= 11 is 2.88. The van der Waals surface area contributed by atoms with Crippen molar-refractivity contribution in [3.05, 3.63) is 81.8 Å². The first kappa shape index (κ1) is 20.2. The van der Waals surface area contributed by atoms with E-state index >= 15 is 0 Å². The van der Waals surface area contributed by atoms with Crippen molar-refractivity contribution in [2.75, 3.05) is 5.32 Å². The van der Waals surface area contributed by atoms with Gasteiger partial charge in [-0.2, -0.15) is 0 Å². The van der Waals surface area contributed by atoms with E-state index in [9.17, 15) is 9.18 Å². The summed E-state index contributed by atoms with van der Waals surface area (Å²) in [6.45, 7) is 3.96. The van der Waals surface area contributed by atoms with E-state index in [-0.39, 0.29) is 11.4 Å². The largest absolute Gasteiger partial charge is 0.318 e. The molecule has 0 aliphatic rings. The van der Waals surface area contributed by atoms with Gasteiger partial charge in [0.25, 0.3) is 5.91 Å². The van der Waals surface area contributed by atoms with E-state index in [0.717, 1.165) is 27.2 Å². The maximum atomic E-state index is 13.7. The highest BCUT2D eigenvalue weighted by Crippen LogP contribution is 2.27. The molecular weight excluding hydrogens is 421 g/mol. The van der Waals surface area contributed by atoms with Gasteiger partial charge in [0.2, 0.25) is 0 Å². The second-order valence-electron chi connectivity index (χ2n) is 6.50. The molecule has 0 radical (unpaired) electrons. The number of aromatic nitrogens is 4. The molecule has 152 valence electrons. The predicted octanol–water partition coefficient (Wildman–Crippen LogP) is 5.02. The first-order valence-electron chi connectivity index (χ1n) is 9.14. The molecule has 0 fully saturated rings. The zero-order valence-corrected chi connectivity index (χ0v) is 17.9. The molecule has 0 spiro atoms. The van der Waals surface area contributed by atoms with Crippen LogP contribution in [0.25, 0.3) is 5.69 Å². The number of nitrogens with one attached hydrogen (secondary N) is 1. The van der Waals surface area contributed by atoms with Crippen LogP contribution in [0.1, 0.15) is 26.9 Å². The van der Waals surface area contributed by atoms with Gasteiger partial charge in [-0.1, -0.05) is 42.1 Å². The lowest BCUT2D eigenvalue weighted by Gasteiger charge is -2.10. The smallest absolute Gasteiger partial charge is 0.275 e. The third-order valence-electron chi connectivity index (χ3n) is 4.38. The quantitative estimate of drug-likeness (QED) is 0.427. The summed E-state index contributed by atoms with van der Waals surface area (Å²) in [5, 5.41) is 14.3. The highest BCUT2D eigenvalue weighted by molar-refractivity contribution is 7.98. The Labute approximate surface area is 181 Å². The Kier molecular flexibility index (Phi) is 5.91. The third kappa shape index (κ3) is 4.27. The molecule has 2 heterocycles. The van der Waals surface area contributed by atoms with Crippen molar-refractivity contribution in [3.8, 4) is 5.69 Å². The summed E-state index contributed by atoms with van der Waals surface area (Å²) in [6.07, 6.45) is 0. The summed E-state index contributed by atoms with van der Waals surface area (Å²) in [6, 6.07) is 14.1. The van der Waals surface area contributed by atoms with Crippen LogP contribution in [0.5, 0.6) is 0 Å².